The van der Waals surface area contributed by atoms with Crippen LogP contribution in [0.2, 0.25) is 0 Å². The van der Waals surface area contributed by atoms with Crippen LogP contribution in [-0.4, -0.2) is 49.3 Å². The van der Waals surface area contributed by atoms with Crippen molar-refractivity contribution in [3.05, 3.63) is 0 Å². The predicted octanol–water partition coefficient (Wildman–Crippen LogP) is -0.632. The van der Waals surface area contributed by atoms with Crippen molar-refractivity contribution < 1.29 is 13.5 Å². The molecule has 6 heteroatoms. The third-order valence-electron chi connectivity index (χ3n) is 2.20. The molecule has 1 atom stereocenters. The van der Waals surface area contributed by atoms with Crippen LogP contribution in [0.3, 0.4) is 0 Å². The van der Waals surface area contributed by atoms with Gasteiger partial charge in [-0.25, -0.2) is 8.42 Å². The summed E-state index contributed by atoms with van der Waals surface area (Å²) in [5.74, 6) is 0. The molecule has 86 valence electrons. The van der Waals surface area contributed by atoms with Gasteiger partial charge in [0, 0.05) is 19.6 Å². The zero-order valence-electron chi connectivity index (χ0n) is 8.81. The molecule has 14 heavy (non-hydrogen) atoms. The number of hydrogen-bond donors (Lipinski definition) is 2. The Labute approximate surface area is 85.9 Å². The number of hydrogen-bond acceptors (Lipinski definition) is 4. The fourth-order valence-corrected chi connectivity index (χ4v) is 3.07. The van der Waals surface area contributed by atoms with Crippen LogP contribution in [0.1, 0.15) is 20.3 Å². The second kappa shape index (κ2) is 6.34. The van der Waals surface area contributed by atoms with Gasteiger partial charge in [0.05, 0.1) is 11.9 Å². The van der Waals surface area contributed by atoms with Crippen molar-refractivity contribution in [3.8, 4) is 0 Å². The smallest absolute Gasteiger partial charge is 0.218 e. The molecule has 0 radical (unpaired) electrons. The molecule has 0 aromatic rings. The third kappa shape index (κ3) is 3.20. The highest BCUT2D eigenvalue weighted by atomic mass is 32.2. The molecular weight excluding hydrogens is 204 g/mol. The highest BCUT2D eigenvalue weighted by molar-refractivity contribution is 7.89. The van der Waals surface area contributed by atoms with Gasteiger partial charge in [-0.1, -0.05) is 13.8 Å². The number of likely N-dealkylation sites (N-methyl/N-ethyl adjacent to an activating group) is 1. The average molecular weight is 224 g/mol. The van der Waals surface area contributed by atoms with Crippen LogP contribution < -0.4 is 5.73 Å². The zero-order chi connectivity index (χ0) is 11.2. The summed E-state index contributed by atoms with van der Waals surface area (Å²) in [6.45, 7) is 4.03. The summed E-state index contributed by atoms with van der Waals surface area (Å²) in [6, 6.07) is 0. The minimum Gasteiger partial charge on any atom is -0.395 e. The van der Waals surface area contributed by atoms with E-state index in [4.69, 9.17) is 10.8 Å². The standard InChI is InChI=1S/C8H20N2O3S/c1-3-8(7-9)14(12,13)10(4-2)5-6-11/h8,11H,3-7,9H2,1-2H3. The van der Waals surface area contributed by atoms with Crippen molar-refractivity contribution in [3.63, 3.8) is 0 Å². The van der Waals surface area contributed by atoms with Gasteiger partial charge in [-0.05, 0) is 6.42 Å². The summed E-state index contributed by atoms with van der Waals surface area (Å²) >= 11 is 0. The van der Waals surface area contributed by atoms with Crippen LogP contribution in [0, 0.1) is 0 Å². The van der Waals surface area contributed by atoms with Crippen molar-refractivity contribution in [2.24, 2.45) is 5.73 Å². The van der Waals surface area contributed by atoms with Crippen molar-refractivity contribution in [2.45, 2.75) is 25.5 Å². The number of aliphatic hydroxyl groups is 1. The van der Waals surface area contributed by atoms with Crippen LogP contribution in [0.25, 0.3) is 0 Å². The van der Waals surface area contributed by atoms with Gasteiger partial charge in [-0.2, -0.15) is 4.31 Å². The van der Waals surface area contributed by atoms with E-state index in [2.05, 4.69) is 0 Å². The second-order valence-electron chi connectivity index (χ2n) is 3.03. The van der Waals surface area contributed by atoms with Gasteiger partial charge < -0.3 is 10.8 Å². The molecule has 3 N–H and O–H groups in total. The summed E-state index contributed by atoms with van der Waals surface area (Å²) in [4.78, 5) is 0. The maximum absolute atomic E-state index is 11.8. The topological polar surface area (TPSA) is 83.6 Å². The van der Waals surface area contributed by atoms with Gasteiger partial charge in [-0.15, -0.1) is 0 Å². The van der Waals surface area contributed by atoms with Gasteiger partial charge in [0.2, 0.25) is 10.0 Å². The predicted molar refractivity (Wildman–Crippen MR) is 56.4 cm³/mol. The molecule has 0 aliphatic rings. The van der Waals surface area contributed by atoms with Crippen LogP contribution in [0.4, 0.5) is 0 Å². The Hall–Kier alpha value is -0.170. The summed E-state index contributed by atoms with van der Waals surface area (Å²) in [7, 11) is -3.33. The maximum atomic E-state index is 11.8. The lowest BCUT2D eigenvalue weighted by Gasteiger charge is -2.24. The third-order valence-corrected chi connectivity index (χ3v) is 4.73. The Morgan fingerprint density at radius 2 is 2.00 bits per heavy atom. The highest BCUT2D eigenvalue weighted by Gasteiger charge is 2.28. The molecule has 0 aromatic heterocycles. The summed E-state index contributed by atoms with van der Waals surface area (Å²) in [5.41, 5.74) is 5.39. The minimum absolute atomic E-state index is 0.126. The van der Waals surface area contributed by atoms with E-state index in [0.29, 0.717) is 13.0 Å². The number of aliphatic hydroxyl groups excluding tert-OH is 1. The molecule has 0 fully saturated rings. The van der Waals surface area contributed by atoms with E-state index in [1.165, 1.54) is 4.31 Å². The molecule has 0 spiro atoms. The Morgan fingerprint density at radius 3 is 2.29 bits per heavy atom. The van der Waals surface area contributed by atoms with Gasteiger partial charge in [-0.3, -0.25) is 0 Å². The maximum Gasteiger partial charge on any atom is 0.218 e. The van der Waals surface area contributed by atoms with E-state index >= 15 is 0 Å². The van der Waals surface area contributed by atoms with E-state index in [-0.39, 0.29) is 19.7 Å². The van der Waals surface area contributed by atoms with Crippen LogP contribution >= 0.6 is 0 Å². The van der Waals surface area contributed by atoms with Gasteiger partial charge in [0.25, 0.3) is 0 Å². The first kappa shape index (κ1) is 13.8. The zero-order valence-corrected chi connectivity index (χ0v) is 9.63. The van der Waals surface area contributed by atoms with Gasteiger partial charge in [0.15, 0.2) is 0 Å². The first-order chi connectivity index (χ1) is 6.54. The highest BCUT2D eigenvalue weighted by Crippen LogP contribution is 2.10. The molecule has 0 aliphatic heterocycles. The Bertz CT molecular complexity index is 237. The van der Waals surface area contributed by atoms with Crippen molar-refractivity contribution in [1.82, 2.24) is 4.31 Å². The first-order valence-corrected chi connectivity index (χ1v) is 6.34. The molecule has 0 heterocycles. The fourth-order valence-electron chi connectivity index (χ4n) is 1.29. The van der Waals surface area contributed by atoms with Gasteiger partial charge in [0.1, 0.15) is 0 Å². The van der Waals surface area contributed by atoms with E-state index in [1.54, 1.807) is 13.8 Å². The normalized spacial score (nSPS) is 14.6. The van der Waals surface area contributed by atoms with Crippen molar-refractivity contribution >= 4 is 10.0 Å². The lowest BCUT2D eigenvalue weighted by molar-refractivity contribution is 0.256. The number of sulfonamides is 1. The van der Waals surface area contributed by atoms with E-state index in [1.807, 2.05) is 0 Å². The van der Waals surface area contributed by atoms with Crippen LogP contribution in [0.15, 0.2) is 0 Å². The fraction of sp³-hybridized carbons (Fsp3) is 1.00. The Morgan fingerprint density at radius 1 is 1.43 bits per heavy atom. The molecule has 0 aliphatic carbocycles. The minimum atomic E-state index is -3.33. The summed E-state index contributed by atoms with van der Waals surface area (Å²) in [6.07, 6.45) is 0.501. The van der Waals surface area contributed by atoms with Crippen LogP contribution in [0.5, 0.6) is 0 Å². The van der Waals surface area contributed by atoms with Crippen molar-refractivity contribution in [1.29, 1.82) is 0 Å². The SMILES string of the molecule is CCC(CN)S(=O)(=O)N(CC)CCO. The lowest BCUT2D eigenvalue weighted by Crippen LogP contribution is -2.43. The monoisotopic (exact) mass is 224 g/mol. The molecule has 5 nitrogen and oxygen atoms in total. The van der Waals surface area contributed by atoms with Gasteiger partial charge >= 0.3 is 0 Å². The lowest BCUT2D eigenvalue weighted by atomic mass is 10.3. The molecule has 0 aromatic carbocycles. The molecule has 0 amide bonds. The molecule has 1 unspecified atom stereocenters. The van der Waals surface area contributed by atoms with E-state index < -0.39 is 15.3 Å². The first-order valence-electron chi connectivity index (χ1n) is 4.84. The largest absolute Gasteiger partial charge is 0.395 e. The summed E-state index contributed by atoms with van der Waals surface area (Å²) < 4.78 is 25.0. The molecule has 0 rings (SSSR count). The second-order valence-corrected chi connectivity index (χ2v) is 5.24. The Balaban J connectivity index is 4.71. The quantitative estimate of drug-likeness (QED) is 0.603. The number of nitrogens with two attached hydrogens (primary N) is 1. The van der Waals surface area contributed by atoms with Crippen molar-refractivity contribution in [2.75, 3.05) is 26.2 Å². The van der Waals surface area contributed by atoms with E-state index in [0.717, 1.165) is 0 Å². The van der Waals surface area contributed by atoms with Crippen LogP contribution in [-0.2, 0) is 10.0 Å². The molecule has 0 saturated carbocycles. The van der Waals surface area contributed by atoms with E-state index in [9.17, 15) is 8.42 Å². The molecular formula is C8H20N2O3S. The average Bonchev–Trinajstić information content (AvgIpc) is 2.15. The molecule has 0 saturated heterocycles. The number of nitrogens with zero attached hydrogens (tertiary/aromatic N) is 1. The molecule has 0 bridgehead atoms. The summed E-state index contributed by atoms with van der Waals surface area (Å²) in [5, 5.41) is 8.19. The Kier molecular flexibility index (Phi) is 6.26. The number of rotatable bonds is 7.